The molecule has 2 aromatic carbocycles. The van der Waals surface area contributed by atoms with E-state index in [1.165, 1.54) is 13.2 Å². The van der Waals surface area contributed by atoms with E-state index in [1.54, 1.807) is 37.3 Å². The molecule has 0 saturated carbocycles. The van der Waals surface area contributed by atoms with Gasteiger partial charge in [-0.1, -0.05) is 17.7 Å². The van der Waals surface area contributed by atoms with E-state index in [9.17, 15) is 9.90 Å². The molecule has 0 bridgehead atoms. The minimum Gasteiger partial charge on any atom is -0.508 e. The van der Waals surface area contributed by atoms with Crippen LogP contribution in [0.1, 0.15) is 15.9 Å². The fourth-order valence-corrected chi connectivity index (χ4v) is 1.89. The number of hydrogen-bond donors (Lipinski definition) is 2. The summed E-state index contributed by atoms with van der Waals surface area (Å²) in [7, 11) is 1.50. The Morgan fingerprint density at radius 1 is 1.25 bits per heavy atom. The number of ether oxygens (including phenoxy) is 1. The van der Waals surface area contributed by atoms with Crippen molar-refractivity contribution in [1.29, 1.82) is 0 Å². The maximum Gasteiger partial charge on any atom is 0.255 e. The number of aromatic hydroxyl groups is 1. The molecule has 0 atom stereocenters. The van der Waals surface area contributed by atoms with Crippen molar-refractivity contribution in [3.8, 4) is 11.5 Å². The number of carbonyl (C=O) groups excluding carboxylic acids is 1. The first-order chi connectivity index (χ1) is 9.51. The number of amides is 1. The van der Waals surface area contributed by atoms with Crippen molar-refractivity contribution in [1.82, 2.24) is 0 Å². The van der Waals surface area contributed by atoms with Gasteiger partial charge < -0.3 is 15.2 Å². The maximum atomic E-state index is 12.1. The Kier molecular flexibility index (Phi) is 4.15. The monoisotopic (exact) mass is 291 g/mol. The fraction of sp³-hybridized carbons (Fsp3) is 0.133. The summed E-state index contributed by atoms with van der Waals surface area (Å²) < 4.78 is 5.08. The van der Waals surface area contributed by atoms with Gasteiger partial charge in [0.05, 0.1) is 12.1 Å². The molecule has 0 aliphatic carbocycles. The molecule has 5 heteroatoms. The van der Waals surface area contributed by atoms with E-state index in [-0.39, 0.29) is 11.7 Å². The van der Waals surface area contributed by atoms with Crippen molar-refractivity contribution in [2.75, 3.05) is 12.4 Å². The van der Waals surface area contributed by atoms with Crippen LogP contribution >= 0.6 is 11.6 Å². The molecule has 2 aromatic rings. The lowest BCUT2D eigenvalue weighted by Gasteiger charge is -2.09. The van der Waals surface area contributed by atoms with Crippen LogP contribution in [0.5, 0.6) is 11.5 Å². The first kappa shape index (κ1) is 14.2. The molecule has 0 radical (unpaired) electrons. The summed E-state index contributed by atoms with van der Waals surface area (Å²) >= 11 is 5.92. The zero-order valence-electron chi connectivity index (χ0n) is 11.1. The van der Waals surface area contributed by atoms with E-state index in [0.29, 0.717) is 22.0 Å². The summed E-state index contributed by atoms with van der Waals surface area (Å²) in [6.07, 6.45) is 0. The Labute approximate surface area is 122 Å². The zero-order chi connectivity index (χ0) is 14.7. The molecule has 0 aliphatic heterocycles. The molecule has 0 fully saturated rings. The quantitative estimate of drug-likeness (QED) is 0.908. The molecule has 0 spiro atoms. The highest BCUT2D eigenvalue weighted by atomic mass is 35.5. The second kappa shape index (κ2) is 5.84. The Hall–Kier alpha value is -2.20. The Morgan fingerprint density at radius 3 is 2.65 bits per heavy atom. The Balaban J connectivity index is 2.21. The predicted octanol–water partition coefficient (Wildman–Crippen LogP) is 3.61. The van der Waals surface area contributed by atoms with Crippen LogP contribution in [0.3, 0.4) is 0 Å². The van der Waals surface area contributed by atoms with Crippen molar-refractivity contribution in [2.24, 2.45) is 0 Å². The molecule has 0 unspecified atom stereocenters. The van der Waals surface area contributed by atoms with Gasteiger partial charge in [-0.05, 0) is 36.8 Å². The molecule has 0 heterocycles. The van der Waals surface area contributed by atoms with E-state index in [1.807, 2.05) is 0 Å². The highest BCUT2D eigenvalue weighted by Crippen LogP contribution is 2.27. The lowest BCUT2D eigenvalue weighted by molar-refractivity contribution is 0.102. The number of benzene rings is 2. The third-order valence-electron chi connectivity index (χ3n) is 2.88. The van der Waals surface area contributed by atoms with Crippen molar-refractivity contribution in [3.63, 3.8) is 0 Å². The minimum absolute atomic E-state index is 0.0892. The van der Waals surface area contributed by atoms with Crippen molar-refractivity contribution < 1.29 is 14.6 Å². The third kappa shape index (κ3) is 3.03. The number of halogens is 1. The fourth-order valence-electron chi connectivity index (χ4n) is 1.69. The molecule has 0 aliphatic rings. The highest BCUT2D eigenvalue weighted by molar-refractivity contribution is 6.32. The van der Waals surface area contributed by atoms with Crippen molar-refractivity contribution in [3.05, 3.63) is 52.5 Å². The van der Waals surface area contributed by atoms with E-state index < -0.39 is 0 Å². The summed E-state index contributed by atoms with van der Waals surface area (Å²) in [5.74, 6) is 0.257. The van der Waals surface area contributed by atoms with E-state index >= 15 is 0 Å². The van der Waals surface area contributed by atoms with Crippen LogP contribution in [0.15, 0.2) is 36.4 Å². The Bertz CT molecular complexity index is 656. The van der Waals surface area contributed by atoms with Gasteiger partial charge in [-0.3, -0.25) is 4.79 Å². The van der Waals surface area contributed by atoms with Gasteiger partial charge in [-0.15, -0.1) is 0 Å². The highest BCUT2D eigenvalue weighted by Gasteiger charge is 2.09. The standard InChI is InChI=1S/C15H14ClNO3/c1-9-3-4-10(7-13(9)18)15(19)17-11-5-6-12(16)14(8-11)20-2/h3-8,18H,1-2H3,(H,17,19). The molecule has 2 N–H and O–H groups in total. The van der Waals surface area contributed by atoms with Crippen molar-refractivity contribution in [2.45, 2.75) is 6.92 Å². The Morgan fingerprint density at radius 2 is 2.00 bits per heavy atom. The molecular weight excluding hydrogens is 278 g/mol. The molecule has 104 valence electrons. The topological polar surface area (TPSA) is 58.6 Å². The van der Waals surface area contributed by atoms with Gasteiger partial charge in [0.1, 0.15) is 11.5 Å². The lowest BCUT2D eigenvalue weighted by Crippen LogP contribution is -2.11. The molecule has 4 nitrogen and oxygen atoms in total. The SMILES string of the molecule is COc1cc(NC(=O)c2ccc(C)c(O)c2)ccc1Cl. The second-order valence-corrected chi connectivity index (χ2v) is 4.71. The molecule has 0 saturated heterocycles. The number of hydrogen-bond acceptors (Lipinski definition) is 3. The number of methoxy groups -OCH3 is 1. The normalized spacial score (nSPS) is 10.2. The lowest BCUT2D eigenvalue weighted by atomic mass is 10.1. The first-order valence-corrected chi connectivity index (χ1v) is 6.33. The summed E-state index contributed by atoms with van der Waals surface area (Å²) in [6.45, 7) is 1.76. The number of phenolic OH excluding ortho intramolecular Hbond substituents is 1. The molecule has 1 amide bonds. The van der Waals surface area contributed by atoms with E-state index in [4.69, 9.17) is 16.3 Å². The molecule has 2 rings (SSSR count). The third-order valence-corrected chi connectivity index (χ3v) is 3.19. The maximum absolute atomic E-state index is 12.1. The molecular formula is C15H14ClNO3. The second-order valence-electron chi connectivity index (χ2n) is 4.30. The smallest absolute Gasteiger partial charge is 0.255 e. The first-order valence-electron chi connectivity index (χ1n) is 5.96. The number of phenols is 1. The van der Waals surface area contributed by atoms with Gasteiger partial charge in [-0.2, -0.15) is 0 Å². The average molecular weight is 292 g/mol. The number of aryl methyl sites for hydroxylation is 1. The molecule has 20 heavy (non-hydrogen) atoms. The van der Waals surface area contributed by atoms with Crippen LogP contribution in [-0.4, -0.2) is 18.1 Å². The summed E-state index contributed by atoms with van der Waals surface area (Å²) in [4.78, 5) is 12.1. The van der Waals surface area contributed by atoms with Crippen LogP contribution in [0, 0.1) is 6.92 Å². The van der Waals surface area contributed by atoms with Gasteiger partial charge in [0, 0.05) is 17.3 Å². The van der Waals surface area contributed by atoms with Gasteiger partial charge >= 0.3 is 0 Å². The predicted molar refractivity (Wildman–Crippen MR) is 78.8 cm³/mol. The van der Waals surface area contributed by atoms with Crippen LogP contribution < -0.4 is 10.1 Å². The van der Waals surface area contributed by atoms with Crippen molar-refractivity contribution >= 4 is 23.2 Å². The number of anilines is 1. The average Bonchev–Trinajstić information content (AvgIpc) is 2.43. The largest absolute Gasteiger partial charge is 0.508 e. The van der Waals surface area contributed by atoms with Crippen LogP contribution in [0.2, 0.25) is 5.02 Å². The van der Waals surface area contributed by atoms with Gasteiger partial charge in [0.25, 0.3) is 5.91 Å². The van der Waals surface area contributed by atoms with E-state index in [0.717, 1.165) is 5.56 Å². The number of rotatable bonds is 3. The summed E-state index contributed by atoms with van der Waals surface area (Å²) in [5, 5.41) is 12.8. The summed E-state index contributed by atoms with van der Waals surface area (Å²) in [5.41, 5.74) is 1.66. The van der Waals surface area contributed by atoms with E-state index in [2.05, 4.69) is 5.32 Å². The minimum atomic E-state index is -0.315. The number of nitrogens with one attached hydrogen (secondary N) is 1. The van der Waals surface area contributed by atoms with Crippen LogP contribution in [0.4, 0.5) is 5.69 Å². The van der Waals surface area contributed by atoms with Crippen LogP contribution in [0.25, 0.3) is 0 Å². The van der Waals surface area contributed by atoms with Crippen LogP contribution in [-0.2, 0) is 0 Å². The van der Waals surface area contributed by atoms with Gasteiger partial charge in [0.15, 0.2) is 0 Å². The van der Waals surface area contributed by atoms with Gasteiger partial charge in [-0.25, -0.2) is 0 Å². The molecule has 0 aromatic heterocycles. The number of carbonyl (C=O) groups is 1. The summed E-state index contributed by atoms with van der Waals surface area (Å²) in [6, 6.07) is 9.72. The van der Waals surface area contributed by atoms with Gasteiger partial charge in [0.2, 0.25) is 0 Å². The zero-order valence-corrected chi connectivity index (χ0v) is 11.9.